The molecule has 0 fully saturated rings. The molecule has 0 saturated carbocycles. The van der Waals surface area contributed by atoms with Gasteiger partial charge in [0.1, 0.15) is 5.82 Å². The highest BCUT2D eigenvalue weighted by molar-refractivity contribution is 5.59. The van der Waals surface area contributed by atoms with Gasteiger partial charge in [-0.1, -0.05) is 0 Å². The normalized spacial score (nSPS) is 12.2. The van der Waals surface area contributed by atoms with E-state index in [1.807, 2.05) is 37.7 Å². The molecule has 20 heavy (non-hydrogen) atoms. The van der Waals surface area contributed by atoms with Crippen LogP contribution in [0.2, 0.25) is 0 Å². The van der Waals surface area contributed by atoms with E-state index in [1.54, 1.807) is 19.2 Å². The Balaban J connectivity index is 2.28. The summed E-state index contributed by atoms with van der Waals surface area (Å²) in [7, 11) is 1.94. The smallest absolute Gasteiger partial charge is 0.272 e. The second kappa shape index (κ2) is 5.32. The summed E-state index contributed by atoms with van der Waals surface area (Å²) in [4.78, 5) is 14.9. The number of hydrogen-bond acceptors (Lipinski definition) is 4. The minimum absolute atomic E-state index is 0.0227. The van der Waals surface area contributed by atoms with E-state index in [0.29, 0.717) is 5.56 Å². The summed E-state index contributed by atoms with van der Waals surface area (Å²) in [5.41, 5.74) is 2.54. The lowest BCUT2D eigenvalue weighted by Crippen LogP contribution is -2.13. The zero-order chi connectivity index (χ0) is 14.9. The van der Waals surface area contributed by atoms with Crippen molar-refractivity contribution in [2.45, 2.75) is 26.8 Å². The SMILES string of the molecule is Cc1cc([N+](=O)[O-])c(C)cc1NC(C)c1nccn1C. The molecule has 0 aliphatic heterocycles. The first-order valence-electron chi connectivity index (χ1n) is 6.39. The van der Waals surface area contributed by atoms with E-state index >= 15 is 0 Å². The minimum atomic E-state index is -0.353. The molecule has 0 spiro atoms. The predicted molar refractivity (Wildman–Crippen MR) is 77.8 cm³/mol. The van der Waals surface area contributed by atoms with E-state index < -0.39 is 0 Å². The lowest BCUT2D eigenvalue weighted by atomic mass is 10.1. The Kier molecular flexibility index (Phi) is 3.74. The fourth-order valence-electron chi connectivity index (χ4n) is 2.25. The second-order valence-electron chi connectivity index (χ2n) is 4.97. The standard InChI is InChI=1S/C14H18N4O2/c1-9-8-13(18(19)20)10(2)7-12(9)16-11(3)14-15-5-6-17(14)4/h5-8,11,16H,1-4H3. The molecule has 2 rings (SSSR count). The lowest BCUT2D eigenvalue weighted by Gasteiger charge is -2.17. The number of imidazole rings is 1. The molecule has 1 unspecified atom stereocenters. The number of hydrogen-bond donors (Lipinski definition) is 1. The average Bonchev–Trinajstić information content (AvgIpc) is 2.79. The summed E-state index contributed by atoms with van der Waals surface area (Å²) in [5.74, 6) is 0.917. The van der Waals surface area contributed by atoms with Crippen LogP contribution in [0.25, 0.3) is 0 Å². The van der Waals surface area contributed by atoms with Crippen molar-refractivity contribution in [3.05, 3.63) is 51.6 Å². The molecule has 1 heterocycles. The third kappa shape index (κ3) is 2.64. The molecule has 0 bridgehead atoms. The summed E-state index contributed by atoms with van der Waals surface area (Å²) in [6, 6.07) is 3.44. The van der Waals surface area contributed by atoms with Crippen LogP contribution in [0, 0.1) is 24.0 Å². The molecule has 0 saturated heterocycles. The van der Waals surface area contributed by atoms with Crippen LogP contribution in [-0.4, -0.2) is 14.5 Å². The van der Waals surface area contributed by atoms with E-state index in [0.717, 1.165) is 17.1 Å². The van der Waals surface area contributed by atoms with Gasteiger partial charge in [-0.05, 0) is 32.4 Å². The monoisotopic (exact) mass is 274 g/mol. The first kappa shape index (κ1) is 14.0. The molecule has 1 aromatic heterocycles. The number of nitro groups is 1. The molecule has 0 aliphatic rings. The van der Waals surface area contributed by atoms with Gasteiger partial charge in [-0.15, -0.1) is 0 Å². The molecular formula is C14H18N4O2. The van der Waals surface area contributed by atoms with Gasteiger partial charge in [-0.25, -0.2) is 4.98 Å². The van der Waals surface area contributed by atoms with Crippen molar-refractivity contribution in [2.24, 2.45) is 7.05 Å². The van der Waals surface area contributed by atoms with E-state index in [1.165, 1.54) is 0 Å². The van der Waals surface area contributed by atoms with Gasteiger partial charge in [0.15, 0.2) is 0 Å². The summed E-state index contributed by atoms with van der Waals surface area (Å²) < 4.78 is 1.95. The second-order valence-corrected chi connectivity index (χ2v) is 4.97. The maximum absolute atomic E-state index is 10.9. The van der Waals surface area contributed by atoms with Gasteiger partial charge in [-0.3, -0.25) is 10.1 Å². The Bertz CT molecular complexity index is 649. The van der Waals surface area contributed by atoms with Crippen molar-refractivity contribution in [2.75, 3.05) is 5.32 Å². The van der Waals surface area contributed by atoms with Crippen LogP contribution in [-0.2, 0) is 7.05 Å². The number of benzene rings is 1. The van der Waals surface area contributed by atoms with Crippen molar-refractivity contribution < 1.29 is 4.92 Å². The van der Waals surface area contributed by atoms with E-state index in [4.69, 9.17) is 0 Å². The molecule has 2 aromatic rings. The first-order valence-corrected chi connectivity index (χ1v) is 6.39. The third-order valence-electron chi connectivity index (χ3n) is 3.36. The van der Waals surface area contributed by atoms with Gasteiger partial charge in [-0.2, -0.15) is 0 Å². The molecule has 0 aliphatic carbocycles. The Morgan fingerprint density at radius 1 is 1.35 bits per heavy atom. The summed E-state index contributed by atoms with van der Waals surface area (Å²) in [6.07, 6.45) is 3.64. The number of aryl methyl sites for hydroxylation is 3. The van der Waals surface area contributed by atoms with Crippen molar-refractivity contribution >= 4 is 11.4 Å². The van der Waals surface area contributed by atoms with Gasteiger partial charge in [0.25, 0.3) is 5.69 Å². The molecule has 6 heteroatoms. The maximum atomic E-state index is 10.9. The predicted octanol–water partition coefficient (Wildman–Crippen LogP) is 3.12. The Labute approximate surface area is 117 Å². The van der Waals surface area contributed by atoms with Crippen LogP contribution < -0.4 is 5.32 Å². The molecule has 1 N–H and O–H groups in total. The number of nitrogens with zero attached hydrogens (tertiary/aromatic N) is 3. The average molecular weight is 274 g/mol. The van der Waals surface area contributed by atoms with Gasteiger partial charge < -0.3 is 9.88 Å². The number of rotatable bonds is 4. The molecule has 1 aromatic carbocycles. The zero-order valence-corrected chi connectivity index (χ0v) is 12.0. The molecule has 0 radical (unpaired) electrons. The first-order chi connectivity index (χ1) is 9.40. The zero-order valence-electron chi connectivity index (χ0n) is 12.0. The molecular weight excluding hydrogens is 256 g/mol. The van der Waals surface area contributed by atoms with Crippen molar-refractivity contribution in [1.82, 2.24) is 9.55 Å². The molecule has 1 atom stereocenters. The maximum Gasteiger partial charge on any atom is 0.272 e. The van der Waals surface area contributed by atoms with Crippen LogP contribution in [0.4, 0.5) is 11.4 Å². The highest BCUT2D eigenvalue weighted by Gasteiger charge is 2.16. The highest BCUT2D eigenvalue weighted by Crippen LogP contribution is 2.28. The largest absolute Gasteiger partial charge is 0.375 e. The molecule has 106 valence electrons. The van der Waals surface area contributed by atoms with Crippen molar-refractivity contribution in [3.8, 4) is 0 Å². The fraction of sp³-hybridized carbons (Fsp3) is 0.357. The topological polar surface area (TPSA) is 73.0 Å². The van der Waals surface area contributed by atoms with Crippen LogP contribution in [0.1, 0.15) is 29.9 Å². The van der Waals surface area contributed by atoms with Gasteiger partial charge >= 0.3 is 0 Å². The number of aromatic nitrogens is 2. The van der Waals surface area contributed by atoms with Crippen LogP contribution in [0.15, 0.2) is 24.5 Å². The van der Waals surface area contributed by atoms with Gasteiger partial charge in [0.05, 0.1) is 11.0 Å². The number of nitro benzene ring substituents is 1. The Morgan fingerprint density at radius 3 is 2.60 bits per heavy atom. The molecule has 6 nitrogen and oxygen atoms in total. The Morgan fingerprint density at radius 2 is 2.05 bits per heavy atom. The van der Waals surface area contributed by atoms with Crippen molar-refractivity contribution in [3.63, 3.8) is 0 Å². The van der Waals surface area contributed by atoms with Crippen LogP contribution in [0.5, 0.6) is 0 Å². The van der Waals surface area contributed by atoms with Crippen LogP contribution in [0.3, 0.4) is 0 Å². The van der Waals surface area contributed by atoms with Crippen molar-refractivity contribution in [1.29, 1.82) is 0 Å². The van der Waals surface area contributed by atoms with Gasteiger partial charge in [0.2, 0.25) is 0 Å². The lowest BCUT2D eigenvalue weighted by molar-refractivity contribution is -0.385. The minimum Gasteiger partial charge on any atom is -0.375 e. The third-order valence-corrected chi connectivity index (χ3v) is 3.36. The summed E-state index contributed by atoms with van der Waals surface area (Å²) in [5, 5.41) is 14.3. The fourth-order valence-corrected chi connectivity index (χ4v) is 2.25. The van der Waals surface area contributed by atoms with E-state index in [9.17, 15) is 10.1 Å². The van der Waals surface area contributed by atoms with E-state index in [2.05, 4.69) is 10.3 Å². The Hall–Kier alpha value is -2.37. The quantitative estimate of drug-likeness (QED) is 0.686. The van der Waals surface area contributed by atoms with Gasteiger partial charge in [0, 0.05) is 36.8 Å². The summed E-state index contributed by atoms with van der Waals surface area (Å²) in [6.45, 7) is 5.62. The van der Waals surface area contributed by atoms with E-state index in [-0.39, 0.29) is 16.7 Å². The summed E-state index contributed by atoms with van der Waals surface area (Å²) >= 11 is 0. The number of anilines is 1. The molecule has 0 amide bonds. The highest BCUT2D eigenvalue weighted by atomic mass is 16.6. The number of nitrogens with one attached hydrogen (secondary N) is 1. The van der Waals surface area contributed by atoms with Crippen LogP contribution >= 0.6 is 0 Å².